The third-order valence-electron chi connectivity index (χ3n) is 5.27. The number of carbonyl (C=O) groups is 1. The Bertz CT molecular complexity index is 909. The van der Waals surface area contributed by atoms with Crippen molar-refractivity contribution in [1.29, 1.82) is 0 Å². The molecule has 4 nitrogen and oxygen atoms in total. The van der Waals surface area contributed by atoms with E-state index in [-0.39, 0.29) is 5.91 Å². The zero-order chi connectivity index (χ0) is 18.1. The van der Waals surface area contributed by atoms with Gasteiger partial charge in [-0.3, -0.25) is 9.20 Å². The topological polar surface area (TPSA) is 37.6 Å². The molecule has 2 aromatic heterocycles. The van der Waals surface area contributed by atoms with Gasteiger partial charge in [0.2, 0.25) is 5.91 Å². The highest BCUT2D eigenvalue weighted by molar-refractivity contribution is 7.15. The monoisotopic (exact) mass is 387 g/mol. The smallest absolute Gasteiger partial charge is 0.228 e. The van der Waals surface area contributed by atoms with Gasteiger partial charge in [0.25, 0.3) is 0 Å². The first-order valence-electron chi connectivity index (χ1n) is 9.09. The van der Waals surface area contributed by atoms with E-state index >= 15 is 0 Å². The van der Waals surface area contributed by atoms with Gasteiger partial charge in [0, 0.05) is 40.9 Å². The number of thiazole rings is 1. The van der Waals surface area contributed by atoms with Crippen LogP contribution < -0.4 is 0 Å². The molecule has 1 aliphatic rings. The van der Waals surface area contributed by atoms with Crippen LogP contribution in [0.2, 0.25) is 5.02 Å². The van der Waals surface area contributed by atoms with Gasteiger partial charge in [-0.2, -0.15) is 0 Å². The fraction of sp³-hybridized carbons (Fsp3) is 0.400. The van der Waals surface area contributed by atoms with E-state index in [0.29, 0.717) is 17.5 Å². The summed E-state index contributed by atoms with van der Waals surface area (Å²) in [4.78, 5) is 20.3. The van der Waals surface area contributed by atoms with Crippen molar-refractivity contribution in [3.8, 4) is 11.3 Å². The van der Waals surface area contributed by atoms with Crippen LogP contribution in [0.3, 0.4) is 0 Å². The summed E-state index contributed by atoms with van der Waals surface area (Å²) >= 11 is 7.54. The highest BCUT2D eigenvalue weighted by atomic mass is 35.5. The predicted octanol–water partition coefficient (Wildman–Crippen LogP) is 5.05. The van der Waals surface area contributed by atoms with Crippen LogP contribution in [0, 0.1) is 0 Å². The zero-order valence-corrected chi connectivity index (χ0v) is 16.4. The van der Waals surface area contributed by atoms with Crippen molar-refractivity contribution in [3.63, 3.8) is 0 Å². The summed E-state index contributed by atoms with van der Waals surface area (Å²) in [6.07, 6.45) is 8.46. The SMILES string of the molecule is CN(C(=O)Cc1csc2nc(-c3ccc(Cl)cc3)cn12)C1CCCCC1. The van der Waals surface area contributed by atoms with E-state index in [4.69, 9.17) is 11.6 Å². The molecule has 0 unspecified atom stereocenters. The number of benzene rings is 1. The van der Waals surface area contributed by atoms with Crippen molar-refractivity contribution in [2.75, 3.05) is 7.05 Å². The van der Waals surface area contributed by atoms with Gasteiger partial charge in [0.05, 0.1) is 12.1 Å². The van der Waals surface area contributed by atoms with Crippen molar-refractivity contribution in [2.24, 2.45) is 0 Å². The predicted molar refractivity (Wildman–Crippen MR) is 107 cm³/mol. The molecule has 0 spiro atoms. The molecule has 1 amide bonds. The minimum absolute atomic E-state index is 0.193. The quantitative estimate of drug-likeness (QED) is 0.628. The standard InChI is InChI=1S/C20H22ClN3OS/c1-23(16-5-3-2-4-6-16)19(25)11-17-13-26-20-22-18(12-24(17)20)14-7-9-15(21)10-8-14/h7-10,12-13,16H,2-6,11H2,1H3. The lowest BCUT2D eigenvalue weighted by Gasteiger charge is -2.31. The lowest BCUT2D eigenvalue weighted by atomic mass is 9.94. The third-order valence-corrected chi connectivity index (χ3v) is 6.41. The van der Waals surface area contributed by atoms with E-state index in [9.17, 15) is 4.79 Å². The van der Waals surface area contributed by atoms with Crippen molar-refractivity contribution < 1.29 is 4.79 Å². The number of halogens is 1. The molecular weight excluding hydrogens is 366 g/mol. The van der Waals surface area contributed by atoms with Crippen molar-refractivity contribution in [1.82, 2.24) is 14.3 Å². The molecule has 0 atom stereocenters. The van der Waals surface area contributed by atoms with Crippen LogP contribution >= 0.6 is 22.9 Å². The Balaban J connectivity index is 1.53. The van der Waals surface area contributed by atoms with Gasteiger partial charge < -0.3 is 4.90 Å². The van der Waals surface area contributed by atoms with Gasteiger partial charge >= 0.3 is 0 Å². The van der Waals surface area contributed by atoms with Crippen molar-refractivity contribution >= 4 is 33.8 Å². The van der Waals surface area contributed by atoms with Gasteiger partial charge in [-0.15, -0.1) is 11.3 Å². The minimum Gasteiger partial charge on any atom is -0.342 e. The van der Waals surface area contributed by atoms with Gasteiger partial charge in [-0.05, 0) is 25.0 Å². The molecular formula is C20H22ClN3OS. The minimum atomic E-state index is 0.193. The maximum Gasteiger partial charge on any atom is 0.228 e. The number of aromatic nitrogens is 2. The Morgan fingerprint density at radius 1 is 1.27 bits per heavy atom. The second-order valence-electron chi connectivity index (χ2n) is 6.99. The Morgan fingerprint density at radius 2 is 2.00 bits per heavy atom. The van der Waals surface area contributed by atoms with E-state index in [2.05, 4.69) is 4.98 Å². The summed E-state index contributed by atoms with van der Waals surface area (Å²) in [5.74, 6) is 0.193. The average Bonchev–Trinajstić information content (AvgIpc) is 3.24. The number of hydrogen-bond donors (Lipinski definition) is 0. The molecule has 0 bridgehead atoms. The molecule has 2 heterocycles. The van der Waals surface area contributed by atoms with E-state index in [1.807, 2.05) is 52.2 Å². The molecule has 3 aromatic rings. The van der Waals surface area contributed by atoms with Crippen molar-refractivity contribution in [3.05, 3.63) is 46.6 Å². The van der Waals surface area contributed by atoms with Crippen LogP contribution in [0.1, 0.15) is 37.8 Å². The number of fused-ring (bicyclic) bond motifs is 1. The molecule has 26 heavy (non-hydrogen) atoms. The maximum absolute atomic E-state index is 12.7. The Morgan fingerprint density at radius 3 is 2.73 bits per heavy atom. The van der Waals surface area contributed by atoms with Crippen LogP contribution in [0.5, 0.6) is 0 Å². The molecule has 0 aliphatic heterocycles. The summed E-state index contributed by atoms with van der Waals surface area (Å²) in [6, 6.07) is 8.08. The van der Waals surface area contributed by atoms with E-state index in [0.717, 1.165) is 34.8 Å². The van der Waals surface area contributed by atoms with Gasteiger partial charge in [-0.1, -0.05) is 43.0 Å². The van der Waals surface area contributed by atoms with Crippen LogP contribution in [0.25, 0.3) is 16.2 Å². The molecule has 0 radical (unpaired) electrons. The first kappa shape index (κ1) is 17.6. The molecule has 1 saturated carbocycles. The summed E-state index contributed by atoms with van der Waals surface area (Å²) in [6.45, 7) is 0. The number of imidazole rings is 1. The second kappa shape index (κ2) is 7.41. The molecule has 136 valence electrons. The lowest BCUT2D eigenvalue weighted by molar-refractivity contribution is -0.131. The summed E-state index contributed by atoms with van der Waals surface area (Å²) in [5.41, 5.74) is 2.94. The molecule has 0 saturated heterocycles. The van der Waals surface area contributed by atoms with E-state index in [1.54, 1.807) is 11.3 Å². The van der Waals surface area contributed by atoms with Crippen LogP contribution in [-0.4, -0.2) is 33.3 Å². The fourth-order valence-electron chi connectivity index (χ4n) is 3.67. The summed E-state index contributed by atoms with van der Waals surface area (Å²) in [7, 11) is 1.95. The highest BCUT2D eigenvalue weighted by Crippen LogP contribution is 2.26. The normalized spacial score (nSPS) is 15.5. The van der Waals surface area contributed by atoms with E-state index < -0.39 is 0 Å². The number of nitrogens with zero attached hydrogens (tertiary/aromatic N) is 3. The third kappa shape index (κ3) is 3.51. The number of hydrogen-bond acceptors (Lipinski definition) is 3. The number of likely N-dealkylation sites (N-methyl/N-ethyl adjacent to an activating group) is 1. The van der Waals surface area contributed by atoms with Crippen molar-refractivity contribution in [2.45, 2.75) is 44.6 Å². The van der Waals surface area contributed by atoms with Crippen LogP contribution in [-0.2, 0) is 11.2 Å². The molecule has 6 heteroatoms. The van der Waals surface area contributed by atoms with Crippen LogP contribution in [0.4, 0.5) is 0 Å². The van der Waals surface area contributed by atoms with E-state index in [1.165, 1.54) is 19.3 Å². The Labute approximate surface area is 162 Å². The lowest BCUT2D eigenvalue weighted by Crippen LogP contribution is -2.39. The van der Waals surface area contributed by atoms with Gasteiger partial charge in [0.1, 0.15) is 0 Å². The highest BCUT2D eigenvalue weighted by Gasteiger charge is 2.23. The first-order chi connectivity index (χ1) is 12.6. The van der Waals surface area contributed by atoms with Gasteiger partial charge in [-0.25, -0.2) is 4.98 Å². The average molecular weight is 388 g/mol. The summed E-state index contributed by atoms with van der Waals surface area (Å²) in [5, 5.41) is 2.76. The number of amides is 1. The summed E-state index contributed by atoms with van der Waals surface area (Å²) < 4.78 is 2.04. The first-order valence-corrected chi connectivity index (χ1v) is 10.3. The largest absolute Gasteiger partial charge is 0.342 e. The molecule has 4 rings (SSSR count). The molecule has 1 aliphatic carbocycles. The number of carbonyl (C=O) groups excluding carboxylic acids is 1. The Kier molecular flexibility index (Phi) is 5.00. The second-order valence-corrected chi connectivity index (χ2v) is 8.26. The molecule has 1 fully saturated rings. The Hall–Kier alpha value is -1.85. The van der Waals surface area contributed by atoms with Gasteiger partial charge in [0.15, 0.2) is 4.96 Å². The molecule has 0 N–H and O–H groups in total. The van der Waals surface area contributed by atoms with Crippen LogP contribution in [0.15, 0.2) is 35.8 Å². The molecule has 1 aromatic carbocycles. The maximum atomic E-state index is 12.7. The fourth-order valence-corrected chi connectivity index (χ4v) is 4.67. The number of rotatable bonds is 4. The zero-order valence-electron chi connectivity index (χ0n) is 14.8.